The molecule has 2 aromatic heterocycles. The highest BCUT2D eigenvalue weighted by molar-refractivity contribution is 7.16. The molecule has 0 fully saturated rings. The summed E-state index contributed by atoms with van der Waals surface area (Å²) in [6, 6.07) is 2.15. The minimum atomic E-state index is 1.00. The van der Waals surface area contributed by atoms with Crippen LogP contribution in [0.4, 0.5) is 0 Å². The van der Waals surface area contributed by atoms with Crippen LogP contribution in [-0.2, 0) is 6.42 Å². The third-order valence-corrected chi connectivity index (χ3v) is 3.04. The van der Waals surface area contributed by atoms with Crippen LogP contribution in [0.15, 0.2) is 11.4 Å². The van der Waals surface area contributed by atoms with Gasteiger partial charge in [-0.3, -0.25) is 0 Å². The van der Waals surface area contributed by atoms with E-state index >= 15 is 0 Å². The van der Waals surface area contributed by atoms with E-state index in [0.717, 1.165) is 13.0 Å². The Kier molecular flexibility index (Phi) is 1.31. The first-order chi connectivity index (χ1) is 5.95. The number of hydrogen-bond donors (Lipinski definition) is 2. The van der Waals surface area contributed by atoms with E-state index in [1.807, 2.05) is 0 Å². The number of rotatable bonds is 0. The Balaban J connectivity index is 2.34. The normalized spacial score (nSPS) is 16.7. The van der Waals surface area contributed by atoms with Crippen LogP contribution in [0.5, 0.6) is 0 Å². The van der Waals surface area contributed by atoms with Crippen LogP contribution in [0, 0.1) is 6.54 Å². The lowest BCUT2D eigenvalue weighted by Gasteiger charge is -2.10. The van der Waals surface area contributed by atoms with Gasteiger partial charge in [0.2, 0.25) is 0 Å². The van der Waals surface area contributed by atoms with Crippen LogP contribution in [0.25, 0.3) is 10.2 Å². The van der Waals surface area contributed by atoms with Crippen molar-refractivity contribution in [2.75, 3.05) is 6.54 Å². The monoisotopic (exact) mass is 176 g/mol. The van der Waals surface area contributed by atoms with Crippen molar-refractivity contribution in [3.63, 3.8) is 0 Å². The first kappa shape index (κ1) is 6.69. The summed E-state index contributed by atoms with van der Waals surface area (Å²) >= 11 is 1.76. The largest absolute Gasteiger partial charge is 0.350 e. The second kappa shape index (κ2) is 2.34. The molecule has 2 N–H and O–H groups in total. The maximum absolute atomic E-state index is 3.41. The molecule has 0 atom stereocenters. The van der Waals surface area contributed by atoms with E-state index in [9.17, 15) is 0 Å². The molecular weight excluding hydrogens is 168 g/mol. The molecule has 0 amide bonds. The van der Waals surface area contributed by atoms with E-state index in [-0.39, 0.29) is 0 Å². The molecule has 0 saturated heterocycles. The number of aromatic nitrogens is 1. The van der Waals surface area contributed by atoms with Crippen molar-refractivity contribution in [2.45, 2.75) is 6.42 Å². The molecule has 0 spiro atoms. The Morgan fingerprint density at radius 1 is 1.50 bits per heavy atom. The number of H-pyrrole nitrogens is 1. The first-order valence-electron chi connectivity index (χ1n) is 4.02. The minimum Gasteiger partial charge on any atom is -0.350 e. The third-order valence-electron chi connectivity index (χ3n) is 2.21. The summed E-state index contributed by atoms with van der Waals surface area (Å²) in [6.45, 7) is 4.20. The number of thiophene rings is 1. The van der Waals surface area contributed by atoms with E-state index in [1.54, 1.807) is 11.3 Å². The van der Waals surface area contributed by atoms with Crippen molar-refractivity contribution in [1.29, 1.82) is 0 Å². The van der Waals surface area contributed by atoms with Crippen molar-refractivity contribution < 1.29 is 0 Å². The Morgan fingerprint density at radius 2 is 2.50 bits per heavy atom. The van der Waals surface area contributed by atoms with Gasteiger partial charge >= 0.3 is 0 Å². The van der Waals surface area contributed by atoms with Gasteiger partial charge in [-0.2, -0.15) is 0 Å². The summed E-state index contributed by atoms with van der Waals surface area (Å²) in [5, 5.41) is 6.56. The van der Waals surface area contributed by atoms with Crippen molar-refractivity contribution in [2.24, 2.45) is 0 Å². The zero-order chi connectivity index (χ0) is 7.97. The Hall–Kier alpha value is -0.800. The molecule has 2 radical (unpaired) electrons. The predicted octanol–water partition coefficient (Wildman–Crippen LogP) is 1.76. The summed E-state index contributed by atoms with van der Waals surface area (Å²) in [5.74, 6) is 0. The average molecular weight is 176 g/mol. The zero-order valence-electron chi connectivity index (χ0n) is 6.48. The Bertz CT molecular complexity index is 413. The van der Waals surface area contributed by atoms with Crippen LogP contribution in [0.2, 0.25) is 0 Å². The third kappa shape index (κ3) is 0.778. The molecule has 0 unspecified atom stereocenters. The van der Waals surface area contributed by atoms with Crippen molar-refractivity contribution in [3.8, 4) is 0 Å². The molecule has 3 rings (SSSR count). The van der Waals surface area contributed by atoms with Crippen LogP contribution < -0.4 is 5.32 Å². The van der Waals surface area contributed by atoms with Gasteiger partial charge in [0.05, 0.1) is 6.54 Å². The van der Waals surface area contributed by atoms with Gasteiger partial charge in [-0.1, -0.05) is 0 Å². The summed E-state index contributed by atoms with van der Waals surface area (Å²) in [6.07, 6.45) is 1.09. The van der Waals surface area contributed by atoms with Crippen LogP contribution >= 0.6 is 11.3 Å². The lowest BCUT2D eigenvalue weighted by Crippen LogP contribution is -2.20. The lowest BCUT2D eigenvalue weighted by molar-refractivity contribution is 0.744. The van der Waals surface area contributed by atoms with Gasteiger partial charge in [0.25, 0.3) is 0 Å². The van der Waals surface area contributed by atoms with Crippen molar-refractivity contribution in [1.82, 2.24) is 10.3 Å². The van der Waals surface area contributed by atoms with Gasteiger partial charge in [-0.25, -0.2) is 0 Å². The fraction of sp³-hybridized carbons (Fsp3) is 0.222. The molecule has 1 aliphatic heterocycles. The molecule has 2 aromatic rings. The Labute approximate surface area is 74.6 Å². The number of fused-ring (bicyclic) bond motifs is 3. The highest BCUT2D eigenvalue weighted by Gasteiger charge is 2.15. The maximum Gasteiger partial charge on any atom is 0.100 e. The summed E-state index contributed by atoms with van der Waals surface area (Å²) < 4.78 is 0. The van der Waals surface area contributed by atoms with Crippen LogP contribution in [0.3, 0.4) is 0 Å². The number of hydrogen-bond acceptors (Lipinski definition) is 2. The van der Waals surface area contributed by atoms with Crippen LogP contribution in [-0.4, -0.2) is 11.5 Å². The minimum absolute atomic E-state index is 1.00. The fourth-order valence-corrected chi connectivity index (χ4v) is 2.45. The molecule has 3 heterocycles. The molecule has 0 saturated carbocycles. The summed E-state index contributed by atoms with van der Waals surface area (Å²) in [4.78, 5) is 4.69. The summed E-state index contributed by atoms with van der Waals surface area (Å²) in [7, 11) is 0. The second-order valence-electron chi connectivity index (χ2n) is 2.94. The van der Waals surface area contributed by atoms with E-state index in [1.165, 1.54) is 21.5 Å². The van der Waals surface area contributed by atoms with Gasteiger partial charge < -0.3 is 10.3 Å². The van der Waals surface area contributed by atoms with Crippen LogP contribution in [0.1, 0.15) is 11.3 Å². The number of nitrogens with one attached hydrogen (secondary N) is 2. The Morgan fingerprint density at radius 3 is 3.50 bits per heavy atom. The lowest BCUT2D eigenvalue weighted by atomic mass is 10.1. The predicted molar refractivity (Wildman–Crippen MR) is 50.2 cm³/mol. The highest BCUT2D eigenvalue weighted by Crippen LogP contribution is 2.28. The average Bonchev–Trinajstić information content (AvgIpc) is 2.62. The van der Waals surface area contributed by atoms with Gasteiger partial charge in [-0.05, 0) is 11.4 Å². The molecule has 0 bridgehead atoms. The molecule has 0 aliphatic carbocycles. The maximum atomic E-state index is 3.41. The molecule has 12 heavy (non-hydrogen) atoms. The first-order valence-corrected chi connectivity index (χ1v) is 4.90. The SMILES string of the molecule is [C]1NCCc2[nH]c3sccc3c21. The fourth-order valence-electron chi connectivity index (χ4n) is 1.63. The van der Waals surface area contributed by atoms with E-state index < -0.39 is 0 Å². The van der Waals surface area contributed by atoms with Gasteiger partial charge in [0, 0.05) is 29.6 Å². The molecule has 60 valence electrons. The molecule has 1 aliphatic rings. The molecule has 0 aromatic carbocycles. The van der Waals surface area contributed by atoms with E-state index in [0.29, 0.717) is 0 Å². The quantitative estimate of drug-likeness (QED) is 0.629. The van der Waals surface area contributed by atoms with Gasteiger partial charge in [0.15, 0.2) is 0 Å². The zero-order valence-corrected chi connectivity index (χ0v) is 7.29. The highest BCUT2D eigenvalue weighted by atomic mass is 32.1. The number of aromatic amines is 1. The molecule has 3 heteroatoms. The van der Waals surface area contributed by atoms with E-state index in [4.69, 9.17) is 0 Å². The molecular formula is C9H8N2S. The van der Waals surface area contributed by atoms with Gasteiger partial charge in [-0.15, -0.1) is 11.3 Å². The van der Waals surface area contributed by atoms with E-state index in [2.05, 4.69) is 28.3 Å². The topological polar surface area (TPSA) is 27.8 Å². The van der Waals surface area contributed by atoms with Crippen molar-refractivity contribution in [3.05, 3.63) is 29.2 Å². The van der Waals surface area contributed by atoms with Crippen molar-refractivity contribution >= 4 is 21.6 Å². The summed E-state index contributed by atoms with van der Waals surface area (Å²) in [5.41, 5.74) is 2.56. The second-order valence-corrected chi connectivity index (χ2v) is 3.86. The molecule has 2 nitrogen and oxygen atoms in total. The smallest absolute Gasteiger partial charge is 0.100 e. The van der Waals surface area contributed by atoms with Gasteiger partial charge in [0.1, 0.15) is 4.83 Å². The standard InChI is InChI=1S/C9H8N2S/c1-3-10-5-7-6-2-4-12-9(6)11-8(1)7/h2,4,10-11H,1,3H2.